The Morgan fingerprint density at radius 1 is 1.09 bits per heavy atom. The second-order valence-corrected chi connectivity index (χ2v) is 4.80. The molecule has 0 spiro atoms. The summed E-state index contributed by atoms with van der Waals surface area (Å²) in [7, 11) is 0. The van der Waals surface area contributed by atoms with E-state index in [1.54, 1.807) is 0 Å². The van der Waals surface area contributed by atoms with Crippen LogP contribution in [0.25, 0.3) is 0 Å². The molecule has 1 fully saturated rings. The van der Waals surface area contributed by atoms with Gasteiger partial charge in [-0.25, -0.2) is 0 Å². The molecule has 11 heavy (non-hydrogen) atoms. The van der Waals surface area contributed by atoms with Gasteiger partial charge in [-0.1, -0.05) is 40.5 Å². The molecule has 1 rings (SSSR count). The van der Waals surface area contributed by atoms with E-state index in [1.165, 1.54) is 19.3 Å². The van der Waals surface area contributed by atoms with Gasteiger partial charge in [-0.3, -0.25) is 0 Å². The molecule has 0 heterocycles. The molecule has 66 valence electrons. The van der Waals surface area contributed by atoms with Gasteiger partial charge in [0.1, 0.15) is 0 Å². The van der Waals surface area contributed by atoms with E-state index < -0.39 is 0 Å². The van der Waals surface area contributed by atoms with Gasteiger partial charge in [-0.2, -0.15) is 0 Å². The summed E-state index contributed by atoms with van der Waals surface area (Å²) in [5, 5.41) is 0. The summed E-state index contributed by atoms with van der Waals surface area (Å²) < 4.78 is 0. The van der Waals surface area contributed by atoms with Crippen LogP contribution in [0.1, 0.15) is 47.0 Å². The Morgan fingerprint density at radius 2 is 1.73 bits per heavy atom. The zero-order valence-corrected chi connectivity index (χ0v) is 8.43. The van der Waals surface area contributed by atoms with Crippen LogP contribution >= 0.6 is 0 Å². The average Bonchev–Trinajstić information content (AvgIpc) is 1.94. The van der Waals surface area contributed by atoms with Crippen LogP contribution in [0.5, 0.6) is 0 Å². The molecular weight excluding hydrogens is 132 g/mol. The Morgan fingerprint density at radius 3 is 2.18 bits per heavy atom. The highest BCUT2D eigenvalue weighted by Gasteiger charge is 2.27. The maximum absolute atomic E-state index is 2.43. The zero-order chi connectivity index (χ0) is 8.43. The summed E-state index contributed by atoms with van der Waals surface area (Å²) in [6.45, 7) is 9.58. The lowest BCUT2D eigenvalue weighted by Crippen LogP contribution is -2.25. The van der Waals surface area contributed by atoms with Crippen molar-refractivity contribution in [1.29, 1.82) is 0 Å². The molecule has 2 unspecified atom stereocenters. The normalized spacial score (nSPS) is 39.5. The molecule has 0 aromatic heterocycles. The summed E-state index contributed by atoms with van der Waals surface area (Å²) >= 11 is 0. The largest absolute Gasteiger partial charge is 0.0625 e. The maximum Gasteiger partial charge on any atom is -0.0363 e. The van der Waals surface area contributed by atoms with E-state index in [-0.39, 0.29) is 0 Å². The number of hydrogen-bond acceptors (Lipinski definition) is 0. The third-order valence-electron chi connectivity index (χ3n) is 3.38. The van der Waals surface area contributed by atoms with E-state index in [0.717, 1.165) is 23.7 Å². The van der Waals surface area contributed by atoms with Gasteiger partial charge in [0.25, 0.3) is 0 Å². The Kier molecular flexibility index (Phi) is 2.98. The molecule has 0 nitrogen and oxygen atoms in total. The quantitative estimate of drug-likeness (QED) is 0.540. The molecule has 0 saturated heterocycles. The van der Waals surface area contributed by atoms with Crippen molar-refractivity contribution in [3.63, 3.8) is 0 Å². The molecular formula is C11H22. The second-order valence-electron chi connectivity index (χ2n) is 4.80. The van der Waals surface area contributed by atoms with E-state index in [2.05, 4.69) is 27.7 Å². The third kappa shape index (κ3) is 2.21. The molecule has 1 aliphatic rings. The minimum Gasteiger partial charge on any atom is -0.0625 e. The molecule has 0 aromatic rings. The first-order chi connectivity index (χ1) is 5.11. The van der Waals surface area contributed by atoms with Crippen molar-refractivity contribution < 1.29 is 0 Å². The van der Waals surface area contributed by atoms with E-state index in [4.69, 9.17) is 0 Å². The van der Waals surface area contributed by atoms with Crippen molar-refractivity contribution in [3.8, 4) is 0 Å². The van der Waals surface area contributed by atoms with Crippen molar-refractivity contribution in [1.82, 2.24) is 0 Å². The molecule has 0 aliphatic heterocycles. The standard InChI is InChI=1S/C11H22/c1-8(2)11-7-9(3)5-6-10(11)4/h8-11H,5-7H2,1-4H3/t9?,10?,11-/m1/s1. The number of rotatable bonds is 1. The Balaban J connectivity index is 2.47. The zero-order valence-electron chi connectivity index (χ0n) is 8.43. The first kappa shape index (κ1) is 9.09. The number of hydrogen-bond donors (Lipinski definition) is 0. The van der Waals surface area contributed by atoms with E-state index in [0.29, 0.717) is 0 Å². The summed E-state index contributed by atoms with van der Waals surface area (Å²) in [4.78, 5) is 0. The van der Waals surface area contributed by atoms with E-state index >= 15 is 0 Å². The first-order valence-corrected chi connectivity index (χ1v) is 5.11. The molecule has 1 saturated carbocycles. The van der Waals surface area contributed by atoms with E-state index in [9.17, 15) is 0 Å². The van der Waals surface area contributed by atoms with Gasteiger partial charge >= 0.3 is 0 Å². The highest BCUT2D eigenvalue weighted by atomic mass is 14.3. The second kappa shape index (κ2) is 3.60. The van der Waals surface area contributed by atoms with Crippen LogP contribution < -0.4 is 0 Å². The molecule has 0 heteroatoms. The Bertz CT molecular complexity index is 115. The SMILES string of the molecule is CC1CCC(C)[C@@H](C(C)C)C1. The third-order valence-corrected chi connectivity index (χ3v) is 3.38. The van der Waals surface area contributed by atoms with Gasteiger partial charge in [0.2, 0.25) is 0 Å². The lowest BCUT2D eigenvalue weighted by molar-refractivity contribution is 0.155. The van der Waals surface area contributed by atoms with Crippen LogP contribution in [0, 0.1) is 23.7 Å². The maximum atomic E-state index is 2.43. The van der Waals surface area contributed by atoms with Crippen molar-refractivity contribution >= 4 is 0 Å². The molecule has 1 aliphatic carbocycles. The fourth-order valence-corrected chi connectivity index (χ4v) is 2.51. The van der Waals surface area contributed by atoms with Crippen LogP contribution in [-0.4, -0.2) is 0 Å². The van der Waals surface area contributed by atoms with Crippen LogP contribution in [0.15, 0.2) is 0 Å². The van der Waals surface area contributed by atoms with Gasteiger partial charge in [0, 0.05) is 0 Å². The summed E-state index contributed by atoms with van der Waals surface area (Å²) in [6, 6.07) is 0. The van der Waals surface area contributed by atoms with Gasteiger partial charge in [-0.05, 0) is 30.1 Å². The monoisotopic (exact) mass is 154 g/mol. The van der Waals surface area contributed by atoms with Crippen LogP contribution in [0.2, 0.25) is 0 Å². The van der Waals surface area contributed by atoms with Gasteiger partial charge < -0.3 is 0 Å². The molecule has 3 atom stereocenters. The smallest absolute Gasteiger partial charge is 0.0363 e. The summed E-state index contributed by atoms with van der Waals surface area (Å²) in [5.41, 5.74) is 0. The molecule has 0 bridgehead atoms. The van der Waals surface area contributed by atoms with E-state index in [1.807, 2.05) is 0 Å². The highest BCUT2D eigenvalue weighted by Crippen LogP contribution is 2.37. The average molecular weight is 154 g/mol. The van der Waals surface area contributed by atoms with Crippen molar-refractivity contribution in [2.75, 3.05) is 0 Å². The van der Waals surface area contributed by atoms with Crippen LogP contribution in [0.4, 0.5) is 0 Å². The summed E-state index contributed by atoms with van der Waals surface area (Å²) in [6.07, 6.45) is 4.40. The lowest BCUT2D eigenvalue weighted by atomic mass is 9.71. The predicted octanol–water partition coefficient (Wildman–Crippen LogP) is 3.71. The Hall–Kier alpha value is 0. The van der Waals surface area contributed by atoms with Crippen LogP contribution in [-0.2, 0) is 0 Å². The molecule has 0 aromatic carbocycles. The summed E-state index contributed by atoms with van der Waals surface area (Å²) in [5.74, 6) is 3.86. The first-order valence-electron chi connectivity index (χ1n) is 5.11. The van der Waals surface area contributed by atoms with Gasteiger partial charge in [-0.15, -0.1) is 0 Å². The fraction of sp³-hybridized carbons (Fsp3) is 1.00. The van der Waals surface area contributed by atoms with Gasteiger partial charge in [0.05, 0.1) is 0 Å². The topological polar surface area (TPSA) is 0 Å². The molecule has 0 amide bonds. The Labute approximate surface area is 71.4 Å². The predicted molar refractivity (Wildman–Crippen MR) is 50.5 cm³/mol. The van der Waals surface area contributed by atoms with Crippen molar-refractivity contribution in [3.05, 3.63) is 0 Å². The fourth-order valence-electron chi connectivity index (χ4n) is 2.51. The van der Waals surface area contributed by atoms with Crippen molar-refractivity contribution in [2.24, 2.45) is 23.7 Å². The van der Waals surface area contributed by atoms with Crippen molar-refractivity contribution in [2.45, 2.75) is 47.0 Å². The lowest BCUT2D eigenvalue weighted by Gasteiger charge is -2.35. The molecule has 0 N–H and O–H groups in total. The minimum atomic E-state index is 0.896. The highest BCUT2D eigenvalue weighted by molar-refractivity contribution is 4.77. The molecule has 0 radical (unpaired) electrons. The van der Waals surface area contributed by atoms with Gasteiger partial charge in [0.15, 0.2) is 0 Å². The minimum absolute atomic E-state index is 0.896. The van der Waals surface area contributed by atoms with Crippen LogP contribution in [0.3, 0.4) is 0 Å².